The fraction of sp³-hybridized carbons (Fsp3) is 0.412. The van der Waals surface area contributed by atoms with Gasteiger partial charge in [0.25, 0.3) is 0 Å². The number of aliphatic imine (C=N–C) groups is 1. The molecule has 0 spiro atoms. The van der Waals surface area contributed by atoms with E-state index in [1.165, 1.54) is 32.1 Å². The second-order valence-corrected chi connectivity index (χ2v) is 5.73. The van der Waals surface area contributed by atoms with Crippen LogP contribution in [0.2, 0.25) is 0 Å². The van der Waals surface area contributed by atoms with Crippen molar-refractivity contribution in [1.29, 1.82) is 0 Å². The largest absolute Gasteiger partial charge is 0.370 e. The maximum Gasteiger partial charge on any atom is 0.189 e. The first-order chi connectivity index (χ1) is 10.8. The third-order valence-electron chi connectivity index (χ3n) is 3.99. The van der Waals surface area contributed by atoms with Crippen LogP contribution in [-0.4, -0.2) is 17.2 Å². The average molecular weight is 426 g/mol. The van der Waals surface area contributed by atoms with Gasteiger partial charge in [0.1, 0.15) is 12.2 Å². The molecule has 1 saturated carbocycles. The Balaban J connectivity index is 0.00000192. The van der Waals surface area contributed by atoms with Crippen molar-refractivity contribution in [3.63, 3.8) is 0 Å². The molecule has 1 aliphatic carbocycles. The van der Waals surface area contributed by atoms with Gasteiger partial charge in [-0.25, -0.2) is 4.99 Å². The summed E-state index contributed by atoms with van der Waals surface area (Å²) in [5.74, 6) is 1.21. The van der Waals surface area contributed by atoms with Crippen LogP contribution in [0.25, 0.3) is 11.3 Å². The molecule has 0 radical (unpaired) electrons. The predicted molar refractivity (Wildman–Crippen MR) is 103 cm³/mol. The van der Waals surface area contributed by atoms with Gasteiger partial charge in [-0.3, -0.25) is 0 Å². The summed E-state index contributed by atoms with van der Waals surface area (Å²) in [7, 11) is 0. The molecular weight excluding hydrogens is 403 g/mol. The molecule has 0 amide bonds. The van der Waals surface area contributed by atoms with E-state index >= 15 is 0 Å². The van der Waals surface area contributed by atoms with Crippen LogP contribution < -0.4 is 11.1 Å². The minimum atomic E-state index is 0. The first kappa shape index (κ1) is 17.8. The van der Waals surface area contributed by atoms with E-state index in [2.05, 4.69) is 15.5 Å². The van der Waals surface area contributed by atoms with Gasteiger partial charge in [0, 0.05) is 17.7 Å². The number of aromatic nitrogens is 1. The molecule has 1 heterocycles. The smallest absolute Gasteiger partial charge is 0.189 e. The quantitative estimate of drug-likeness (QED) is 0.444. The second kappa shape index (κ2) is 8.90. The minimum Gasteiger partial charge on any atom is -0.370 e. The van der Waals surface area contributed by atoms with Crippen molar-refractivity contribution in [1.82, 2.24) is 10.5 Å². The van der Waals surface area contributed by atoms with Gasteiger partial charge in [-0.1, -0.05) is 54.8 Å². The molecule has 0 aliphatic heterocycles. The van der Waals surface area contributed by atoms with Gasteiger partial charge >= 0.3 is 0 Å². The number of guanidine groups is 1. The molecule has 0 atom stereocenters. The molecule has 1 aliphatic rings. The maximum atomic E-state index is 5.95. The van der Waals surface area contributed by atoms with Gasteiger partial charge < -0.3 is 15.6 Å². The lowest BCUT2D eigenvalue weighted by Crippen LogP contribution is -2.41. The molecule has 0 bridgehead atoms. The summed E-state index contributed by atoms with van der Waals surface area (Å²) in [6, 6.07) is 12.3. The summed E-state index contributed by atoms with van der Waals surface area (Å²) in [4.78, 5) is 4.35. The molecule has 5 nitrogen and oxygen atoms in total. The van der Waals surface area contributed by atoms with Crippen molar-refractivity contribution < 1.29 is 4.52 Å². The van der Waals surface area contributed by atoms with Crippen LogP contribution in [0.5, 0.6) is 0 Å². The van der Waals surface area contributed by atoms with Crippen molar-refractivity contribution in [2.24, 2.45) is 10.7 Å². The normalized spacial score (nSPS) is 15.9. The molecular formula is C17H23IN4O. The lowest BCUT2D eigenvalue weighted by atomic mass is 9.96. The van der Waals surface area contributed by atoms with E-state index in [-0.39, 0.29) is 24.0 Å². The van der Waals surface area contributed by atoms with Crippen LogP contribution in [0, 0.1) is 0 Å². The van der Waals surface area contributed by atoms with Gasteiger partial charge in [0.15, 0.2) is 11.7 Å². The van der Waals surface area contributed by atoms with Crippen LogP contribution in [0.1, 0.15) is 37.9 Å². The Bertz CT molecular complexity index is 621. The van der Waals surface area contributed by atoms with Crippen molar-refractivity contribution in [3.05, 3.63) is 42.2 Å². The fourth-order valence-electron chi connectivity index (χ4n) is 2.80. The van der Waals surface area contributed by atoms with Gasteiger partial charge in [-0.2, -0.15) is 0 Å². The van der Waals surface area contributed by atoms with Gasteiger partial charge in [-0.15, -0.1) is 24.0 Å². The summed E-state index contributed by atoms with van der Waals surface area (Å²) in [5, 5.41) is 7.37. The average Bonchev–Trinajstić information content (AvgIpc) is 3.04. The SMILES string of the molecule is I.NC(=NCc1cc(-c2ccccc2)no1)NC1CCCCC1. The van der Waals surface area contributed by atoms with E-state index in [9.17, 15) is 0 Å². The number of rotatable bonds is 4. The van der Waals surface area contributed by atoms with Gasteiger partial charge in [-0.05, 0) is 12.8 Å². The van der Waals surface area contributed by atoms with Crippen molar-refractivity contribution in [3.8, 4) is 11.3 Å². The molecule has 3 N–H and O–H groups in total. The van der Waals surface area contributed by atoms with E-state index < -0.39 is 0 Å². The Morgan fingerprint density at radius 2 is 1.96 bits per heavy atom. The molecule has 3 rings (SSSR count). The number of nitrogens with one attached hydrogen (secondary N) is 1. The van der Waals surface area contributed by atoms with Gasteiger partial charge in [0.2, 0.25) is 0 Å². The Kier molecular flexibility index (Phi) is 6.88. The summed E-state index contributed by atoms with van der Waals surface area (Å²) in [6.45, 7) is 0.408. The molecule has 0 unspecified atom stereocenters. The third-order valence-corrected chi connectivity index (χ3v) is 3.99. The second-order valence-electron chi connectivity index (χ2n) is 5.73. The summed E-state index contributed by atoms with van der Waals surface area (Å²) in [5.41, 5.74) is 7.81. The fourth-order valence-corrected chi connectivity index (χ4v) is 2.80. The molecule has 124 valence electrons. The zero-order chi connectivity index (χ0) is 15.2. The highest BCUT2D eigenvalue weighted by Gasteiger charge is 2.13. The highest BCUT2D eigenvalue weighted by atomic mass is 127. The Morgan fingerprint density at radius 3 is 2.70 bits per heavy atom. The summed E-state index contributed by atoms with van der Waals surface area (Å²) < 4.78 is 5.32. The Hall–Kier alpha value is -1.57. The van der Waals surface area contributed by atoms with Crippen LogP contribution >= 0.6 is 24.0 Å². The number of nitrogens with zero attached hydrogens (tertiary/aromatic N) is 2. The van der Waals surface area contributed by atoms with Crippen LogP contribution in [0.15, 0.2) is 45.9 Å². The molecule has 23 heavy (non-hydrogen) atoms. The maximum absolute atomic E-state index is 5.95. The van der Waals surface area contributed by atoms with Crippen molar-refractivity contribution in [2.45, 2.75) is 44.7 Å². The Morgan fingerprint density at radius 1 is 1.22 bits per heavy atom. The van der Waals surface area contributed by atoms with Crippen LogP contribution in [0.3, 0.4) is 0 Å². The number of hydrogen-bond donors (Lipinski definition) is 2. The standard InChI is InChI=1S/C17H22N4O.HI/c18-17(20-14-9-5-2-6-10-14)19-12-15-11-16(21-22-15)13-7-3-1-4-8-13;/h1,3-4,7-8,11,14H,2,5-6,9-10,12H2,(H3,18,19,20);1H. The van der Waals surface area contributed by atoms with E-state index in [4.69, 9.17) is 10.3 Å². The zero-order valence-electron chi connectivity index (χ0n) is 13.1. The first-order valence-corrected chi connectivity index (χ1v) is 7.89. The zero-order valence-corrected chi connectivity index (χ0v) is 15.4. The lowest BCUT2D eigenvalue weighted by molar-refractivity contribution is 0.386. The van der Waals surface area contributed by atoms with E-state index in [1.807, 2.05) is 36.4 Å². The highest BCUT2D eigenvalue weighted by molar-refractivity contribution is 14.0. The molecule has 1 aromatic carbocycles. The van der Waals surface area contributed by atoms with Crippen LogP contribution in [-0.2, 0) is 6.54 Å². The molecule has 1 fully saturated rings. The van der Waals surface area contributed by atoms with Crippen molar-refractivity contribution >= 4 is 29.9 Å². The van der Waals surface area contributed by atoms with Gasteiger partial charge in [0.05, 0.1) is 0 Å². The topological polar surface area (TPSA) is 76.4 Å². The van der Waals surface area contributed by atoms with E-state index in [0.29, 0.717) is 24.3 Å². The predicted octanol–water partition coefficient (Wildman–Crippen LogP) is 3.70. The number of halogens is 1. The number of hydrogen-bond acceptors (Lipinski definition) is 3. The van der Waals surface area contributed by atoms with Crippen molar-refractivity contribution in [2.75, 3.05) is 0 Å². The highest BCUT2D eigenvalue weighted by Crippen LogP contribution is 2.19. The number of nitrogens with two attached hydrogens (primary N) is 1. The monoisotopic (exact) mass is 426 g/mol. The number of benzene rings is 1. The third kappa shape index (κ3) is 5.23. The molecule has 1 aromatic heterocycles. The minimum absolute atomic E-state index is 0. The molecule has 2 aromatic rings. The van der Waals surface area contributed by atoms with E-state index in [1.54, 1.807) is 0 Å². The van der Waals surface area contributed by atoms with Crippen LogP contribution in [0.4, 0.5) is 0 Å². The first-order valence-electron chi connectivity index (χ1n) is 7.89. The molecule has 6 heteroatoms. The summed E-state index contributed by atoms with van der Waals surface area (Å²) >= 11 is 0. The lowest BCUT2D eigenvalue weighted by Gasteiger charge is -2.23. The van der Waals surface area contributed by atoms with E-state index in [0.717, 1.165) is 11.3 Å². The Labute approximate surface area is 153 Å². The summed E-state index contributed by atoms with van der Waals surface area (Å²) in [6.07, 6.45) is 6.23. The molecule has 0 saturated heterocycles.